The molecule has 5 nitrogen and oxygen atoms in total. The van der Waals surface area contributed by atoms with Gasteiger partial charge in [0.1, 0.15) is 6.33 Å². The summed E-state index contributed by atoms with van der Waals surface area (Å²) in [5.74, 6) is 0.688. The topological polar surface area (TPSA) is 63.3 Å². The second-order valence-corrected chi connectivity index (χ2v) is 3.19. The van der Waals surface area contributed by atoms with Gasteiger partial charge in [0.05, 0.1) is 5.69 Å². The molecule has 1 aliphatic carbocycles. The molecule has 2 heterocycles. The van der Waals surface area contributed by atoms with E-state index >= 15 is 0 Å². The molecule has 0 spiro atoms. The third kappa shape index (κ3) is 0.783. The van der Waals surface area contributed by atoms with E-state index in [1.807, 2.05) is 0 Å². The van der Waals surface area contributed by atoms with Gasteiger partial charge in [-0.3, -0.25) is 0 Å². The summed E-state index contributed by atoms with van der Waals surface area (Å²) < 4.78 is 1.38. The molecular weight excluding hydrogens is 168 g/mol. The minimum absolute atomic E-state index is 0.204. The van der Waals surface area contributed by atoms with Gasteiger partial charge >= 0.3 is 0 Å². The Morgan fingerprint density at radius 2 is 2.31 bits per heavy atom. The highest BCUT2D eigenvalue weighted by molar-refractivity contribution is 5.41. The number of aromatic nitrogens is 4. The van der Waals surface area contributed by atoms with Crippen LogP contribution in [0.2, 0.25) is 0 Å². The quantitative estimate of drug-likeness (QED) is 0.627. The van der Waals surface area contributed by atoms with Crippen LogP contribution in [0.15, 0.2) is 6.33 Å². The molecule has 66 valence electrons. The van der Waals surface area contributed by atoms with Crippen LogP contribution in [0, 0.1) is 0 Å². The molecule has 0 amide bonds. The van der Waals surface area contributed by atoms with Crippen LogP contribution in [0.3, 0.4) is 0 Å². The summed E-state index contributed by atoms with van der Waals surface area (Å²) >= 11 is 0. The normalized spacial score (nSPS) is 15.1. The van der Waals surface area contributed by atoms with E-state index < -0.39 is 0 Å². The van der Waals surface area contributed by atoms with Gasteiger partial charge in [-0.15, -0.1) is 0 Å². The van der Waals surface area contributed by atoms with E-state index in [1.165, 1.54) is 10.8 Å². The van der Waals surface area contributed by atoms with Crippen molar-refractivity contribution in [3.05, 3.63) is 17.6 Å². The predicted molar refractivity (Wildman–Crippen MR) is 44.5 cm³/mol. The number of hydrogen-bond acceptors (Lipinski definition) is 4. The van der Waals surface area contributed by atoms with Crippen LogP contribution in [0.1, 0.15) is 17.7 Å². The highest BCUT2D eigenvalue weighted by Gasteiger charge is 2.19. The molecule has 0 saturated heterocycles. The van der Waals surface area contributed by atoms with Crippen molar-refractivity contribution >= 4 is 5.78 Å². The van der Waals surface area contributed by atoms with Gasteiger partial charge in [0, 0.05) is 5.56 Å². The molecule has 0 aliphatic heterocycles. The molecule has 0 aromatic carbocycles. The summed E-state index contributed by atoms with van der Waals surface area (Å²) in [6.45, 7) is 0. The van der Waals surface area contributed by atoms with Crippen molar-refractivity contribution in [3.8, 4) is 5.88 Å². The van der Waals surface area contributed by atoms with Crippen molar-refractivity contribution in [2.75, 3.05) is 0 Å². The van der Waals surface area contributed by atoms with Gasteiger partial charge in [0.2, 0.25) is 5.88 Å². The molecule has 3 rings (SSSR count). The number of fused-ring (bicyclic) bond motifs is 2. The first-order chi connectivity index (χ1) is 6.36. The minimum atomic E-state index is 0.204. The molecule has 0 unspecified atom stereocenters. The van der Waals surface area contributed by atoms with Gasteiger partial charge in [-0.1, -0.05) is 0 Å². The first-order valence-corrected chi connectivity index (χ1v) is 4.27. The lowest BCUT2D eigenvalue weighted by molar-refractivity contribution is 0.428. The van der Waals surface area contributed by atoms with Gasteiger partial charge in [-0.2, -0.15) is 14.6 Å². The van der Waals surface area contributed by atoms with E-state index in [4.69, 9.17) is 0 Å². The molecule has 0 saturated carbocycles. The summed E-state index contributed by atoms with van der Waals surface area (Å²) in [6, 6.07) is 0. The van der Waals surface area contributed by atoms with Crippen molar-refractivity contribution in [2.45, 2.75) is 19.3 Å². The van der Waals surface area contributed by atoms with Gasteiger partial charge in [-0.25, -0.2) is 4.98 Å². The molecule has 1 aliphatic rings. The Morgan fingerprint density at radius 3 is 3.23 bits per heavy atom. The molecule has 0 atom stereocenters. The molecule has 0 fully saturated rings. The lowest BCUT2D eigenvalue weighted by Gasteiger charge is -2.02. The van der Waals surface area contributed by atoms with E-state index in [0.717, 1.165) is 30.5 Å². The molecule has 1 N–H and O–H groups in total. The standard InChI is InChI=1S/C8H8N4O/c13-7-5-2-1-3-6(5)11-8-9-4-10-12(7)8/h4,13H,1-3H2. The molecule has 0 radical (unpaired) electrons. The van der Waals surface area contributed by atoms with Crippen LogP contribution < -0.4 is 0 Å². The Bertz CT molecular complexity index is 476. The van der Waals surface area contributed by atoms with Gasteiger partial charge < -0.3 is 5.11 Å². The SMILES string of the molecule is Oc1c2c(nc3ncnn13)CCC2. The Hall–Kier alpha value is -1.65. The van der Waals surface area contributed by atoms with Crippen molar-refractivity contribution in [1.82, 2.24) is 19.6 Å². The number of hydrogen-bond donors (Lipinski definition) is 1. The van der Waals surface area contributed by atoms with E-state index in [2.05, 4.69) is 15.1 Å². The summed E-state index contributed by atoms with van der Waals surface area (Å²) in [4.78, 5) is 8.24. The fourth-order valence-corrected chi connectivity index (χ4v) is 1.80. The average molecular weight is 176 g/mol. The maximum atomic E-state index is 9.78. The number of rotatable bonds is 0. The van der Waals surface area contributed by atoms with Crippen LogP contribution in [0.5, 0.6) is 5.88 Å². The highest BCUT2D eigenvalue weighted by Crippen LogP contribution is 2.27. The molecule has 2 aromatic heterocycles. The van der Waals surface area contributed by atoms with Crippen LogP contribution >= 0.6 is 0 Å². The lowest BCUT2D eigenvalue weighted by atomic mass is 10.2. The smallest absolute Gasteiger partial charge is 0.255 e. The van der Waals surface area contributed by atoms with Crippen LogP contribution in [0.25, 0.3) is 5.78 Å². The molecule has 13 heavy (non-hydrogen) atoms. The third-order valence-electron chi connectivity index (χ3n) is 2.42. The molecule has 0 bridgehead atoms. The second-order valence-electron chi connectivity index (χ2n) is 3.19. The van der Waals surface area contributed by atoms with Crippen molar-refractivity contribution in [2.24, 2.45) is 0 Å². The minimum Gasteiger partial charge on any atom is -0.493 e. The fraction of sp³-hybridized carbons (Fsp3) is 0.375. The van der Waals surface area contributed by atoms with E-state index in [9.17, 15) is 5.11 Å². The van der Waals surface area contributed by atoms with Crippen LogP contribution in [-0.4, -0.2) is 24.7 Å². The molecule has 5 heteroatoms. The first kappa shape index (κ1) is 6.82. The van der Waals surface area contributed by atoms with Gasteiger partial charge in [0.25, 0.3) is 5.78 Å². The maximum Gasteiger partial charge on any atom is 0.255 e. The zero-order valence-corrected chi connectivity index (χ0v) is 6.93. The van der Waals surface area contributed by atoms with E-state index in [0.29, 0.717) is 5.78 Å². The summed E-state index contributed by atoms with van der Waals surface area (Å²) in [7, 11) is 0. The average Bonchev–Trinajstić information content (AvgIpc) is 2.71. The Balaban J connectivity index is 2.45. The van der Waals surface area contributed by atoms with Crippen LogP contribution in [0.4, 0.5) is 0 Å². The molecular formula is C8H8N4O. The third-order valence-corrected chi connectivity index (χ3v) is 2.42. The van der Waals surface area contributed by atoms with Gasteiger partial charge in [-0.05, 0) is 19.3 Å². The Morgan fingerprint density at radius 1 is 1.38 bits per heavy atom. The monoisotopic (exact) mass is 176 g/mol. The molecule has 2 aromatic rings. The highest BCUT2D eigenvalue weighted by atomic mass is 16.3. The summed E-state index contributed by atoms with van der Waals surface area (Å²) in [6.07, 6.45) is 4.29. The zero-order valence-electron chi connectivity index (χ0n) is 6.93. The number of aromatic hydroxyl groups is 1. The van der Waals surface area contributed by atoms with Gasteiger partial charge in [0.15, 0.2) is 0 Å². The van der Waals surface area contributed by atoms with E-state index in [-0.39, 0.29) is 5.88 Å². The number of aryl methyl sites for hydroxylation is 1. The first-order valence-electron chi connectivity index (χ1n) is 4.27. The number of nitrogens with zero attached hydrogens (tertiary/aromatic N) is 4. The van der Waals surface area contributed by atoms with Crippen molar-refractivity contribution in [1.29, 1.82) is 0 Å². The van der Waals surface area contributed by atoms with Crippen molar-refractivity contribution < 1.29 is 5.11 Å². The summed E-state index contributed by atoms with van der Waals surface area (Å²) in [5, 5.41) is 13.7. The van der Waals surface area contributed by atoms with E-state index in [1.54, 1.807) is 0 Å². The lowest BCUT2D eigenvalue weighted by Crippen LogP contribution is -1.98. The Labute approximate surface area is 74.1 Å². The zero-order chi connectivity index (χ0) is 8.84. The fourth-order valence-electron chi connectivity index (χ4n) is 1.80. The van der Waals surface area contributed by atoms with Crippen LogP contribution in [-0.2, 0) is 12.8 Å². The second kappa shape index (κ2) is 2.18. The predicted octanol–water partition coefficient (Wildman–Crippen LogP) is 0.319. The summed E-state index contributed by atoms with van der Waals surface area (Å²) in [5.41, 5.74) is 1.90. The maximum absolute atomic E-state index is 9.78. The Kier molecular flexibility index (Phi) is 1.15. The van der Waals surface area contributed by atoms with Crippen molar-refractivity contribution in [3.63, 3.8) is 0 Å². The largest absolute Gasteiger partial charge is 0.493 e.